The molecule has 0 aromatic carbocycles. The number of sulfone groups is 1. The van der Waals surface area contributed by atoms with Crippen molar-refractivity contribution in [2.24, 2.45) is 0 Å². The highest BCUT2D eigenvalue weighted by molar-refractivity contribution is 7.91. The summed E-state index contributed by atoms with van der Waals surface area (Å²) in [6.07, 6.45) is 3.19. The first kappa shape index (κ1) is 13.8. The fourth-order valence-electron chi connectivity index (χ4n) is 2.79. The smallest absolute Gasteiger partial charge is 0.160 e. The van der Waals surface area contributed by atoms with E-state index in [0.29, 0.717) is 12.2 Å². The lowest BCUT2D eigenvalue weighted by molar-refractivity contribution is 0.464. The first-order valence-corrected chi connectivity index (χ1v) is 8.91. The molecule has 0 amide bonds. The zero-order chi connectivity index (χ0) is 14.3. The van der Waals surface area contributed by atoms with Crippen LogP contribution in [0.1, 0.15) is 37.0 Å². The summed E-state index contributed by atoms with van der Waals surface area (Å²) in [7, 11) is -2.99. The average molecular weight is 314 g/mol. The molecule has 0 saturated carbocycles. The van der Waals surface area contributed by atoms with Crippen molar-refractivity contribution >= 4 is 32.6 Å². The Hall–Kier alpha value is -1.14. The molecule has 7 heteroatoms. The van der Waals surface area contributed by atoms with Gasteiger partial charge in [-0.05, 0) is 31.9 Å². The van der Waals surface area contributed by atoms with Crippen molar-refractivity contribution in [2.45, 2.75) is 31.2 Å². The minimum atomic E-state index is -2.99. The van der Waals surface area contributed by atoms with Crippen molar-refractivity contribution in [3.05, 3.63) is 24.2 Å². The fourth-order valence-corrected chi connectivity index (χ4v) is 4.62. The van der Waals surface area contributed by atoms with Gasteiger partial charge in [-0.25, -0.2) is 18.4 Å². The number of hydrogen-bond donors (Lipinski definition) is 0. The zero-order valence-electron chi connectivity index (χ0n) is 11.2. The number of fused-ring (bicyclic) bond motifs is 1. The molecular weight excluding hydrogens is 298 g/mol. The van der Waals surface area contributed by atoms with Gasteiger partial charge in [-0.2, -0.15) is 0 Å². The molecular formula is C13H16ClN3O2S. The monoisotopic (exact) mass is 313 g/mol. The highest BCUT2D eigenvalue weighted by atomic mass is 35.5. The summed E-state index contributed by atoms with van der Waals surface area (Å²) < 4.78 is 25.7. The van der Waals surface area contributed by atoms with E-state index in [0.717, 1.165) is 17.6 Å². The molecule has 2 unspecified atom stereocenters. The van der Waals surface area contributed by atoms with Gasteiger partial charge >= 0.3 is 0 Å². The van der Waals surface area contributed by atoms with Gasteiger partial charge in [0.15, 0.2) is 15.5 Å². The Balaban J connectivity index is 2.16. The lowest BCUT2D eigenvalue weighted by atomic mass is 10.2. The third-order valence-electron chi connectivity index (χ3n) is 3.64. The normalized spacial score (nSPS) is 23.8. The van der Waals surface area contributed by atoms with Crippen molar-refractivity contribution in [1.29, 1.82) is 0 Å². The number of pyridine rings is 1. The van der Waals surface area contributed by atoms with Crippen LogP contribution >= 0.6 is 11.6 Å². The summed E-state index contributed by atoms with van der Waals surface area (Å²) in [5.74, 6) is 1.11. The first-order valence-electron chi connectivity index (χ1n) is 6.65. The van der Waals surface area contributed by atoms with Crippen LogP contribution in [0.25, 0.3) is 11.2 Å². The van der Waals surface area contributed by atoms with Crippen LogP contribution in [0.4, 0.5) is 0 Å². The van der Waals surface area contributed by atoms with E-state index < -0.39 is 9.84 Å². The van der Waals surface area contributed by atoms with Crippen molar-refractivity contribution in [2.75, 3.05) is 11.5 Å². The molecule has 20 heavy (non-hydrogen) atoms. The number of imidazole rings is 1. The Kier molecular flexibility index (Phi) is 3.46. The summed E-state index contributed by atoms with van der Waals surface area (Å²) in [4.78, 5) is 8.86. The maximum absolute atomic E-state index is 11.9. The van der Waals surface area contributed by atoms with E-state index >= 15 is 0 Å². The molecule has 0 aliphatic carbocycles. The number of alkyl halides is 1. The molecule has 0 spiro atoms. The second-order valence-electron chi connectivity index (χ2n) is 5.21. The highest BCUT2D eigenvalue weighted by Crippen LogP contribution is 2.31. The van der Waals surface area contributed by atoms with Gasteiger partial charge in [-0.15, -0.1) is 11.6 Å². The number of aromatic nitrogens is 3. The van der Waals surface area contributed by atoms with Gasteiger partial charge in [0, 0.05) is 6.20 Å². The van der Waals surface area contributed by atoms with Crippen LogP contribution in [0.3, 0.4) is 0 Å². The maximum atomic E-state index is 11.9. The van der Waals surface area contributed by atoms with Gasteiger partial charge in [0.1, 0.15) is 11.3 Å². The molecule has 1 aliphatic heterocycles. The lowest BCUT2D eigenvalue weighted by Gasteiger charge is -2.25. The average Bonchev–Trinajstić information content (AvgIpc) is 2.77. The van der Waals surface area contributed by atoms with Crippen LogP contribution in [0.2, 0.25) is 0 Å². The summed E-state index contributed by atoms with van der Waals surface area (Å²) in [5.41, 5.74) is 1.48. The van der Waals surface area contributed by atoms with E-state index in [1.54, 1.807) is 6.20 Å². The largest absolute Gasteiger partial charge is 0.307 e. The summed E-state index contributed by atoms with van der Waals surface area (Å²) in [6, 6.07) is 3.57. The van der Waals surface area contributed by atoms with Crippen LogP contribution < -0.4 is 0 Å². The topological polar surface area (TPSA) is 64.8 Å². The van der Waals surface area contributed by atoms with Crippen molar-refractivity contribution in [1.82, 2.24) is 14.5 Å². The van der Waals surface area contributed by atoms with Crippen LogP contribution in [-0.2, 0) is 9.84 Å². The van der Waals surface area contributed by atoms with Crippen molar-refractivity contribution in [3.63, 3.8) is 0 Å². The summed E-state index contributed by atoms with van der Waals surface area (Å²) >= 11 is 6.21. The van der Waals surface area contributed by atoms with Crippen LogP contribution in [0.15, 0.2) is 18.3 Å². The van der Waals surface area contributed by atoms with E-state index in [1.807, 2.05) is 23.6 Å². The van der Waals surface area contributed by atoms with E-state index in [9.17, 15) is 8.42 Å². The van der Waals surface area contributed by atoms with Gasteiger partial charge in [-0.3, -0.25) is 0 Å². The Morgan fingerprint density at radius 3 is 3.00 bits per heavy atom. The second-order valence-corrected chi connectivity index (χ2v) is 8.10. The Morgan fingerprint density at radius 2 is 2.30 bits per heavy atom. The Morgan fingerprint density at radius 1 is 1.50 bits per heavy atom. The SMILES string of the molecule is CC(Cl)c1nc2cccnc2n1C1CCCS(=O)(=O)C1. The number of halogens is 1. The molecule has 3 heterocycles. The molecule has 3 rings (SSSR count). The second kappa shape index (κ2) is 5.00. The van der Waals surface area contributed by atoms with Crippen LogP contribution in [-0.4, -0.2) is 34.5 Å². The molecule has 1 fully saturated rings. The molecule has 0 N–H and O–H groups in total. The summed E-state index contributed by atoms with van der Waals surface area (Å²) in [5, 5.41) is -0.283. The van der Waals surface area contributed by atoms with Crippen LogP contribution in [0.5, 0.6) is 0 Å². The van der Waals surface area contributed by atoms with E-state index in [1.165, 1.54) is 0 Å². The van der Waals surface area contributed by atoms with E-state index in [4.69, 9.17) is 11.6 Å². The van der Waals surface area contributed by atoms with Gasteiger partial charge in [0.25, 0.3) is 0 Å². The maximum Gasteiger partial charge on any atom is 0.160 e. The standard InChI is InChI=1S/C13H16ClN3O2S/c1-9(14)12-16-11-5-2-6-15-13(11)17(12)10-4-3-7-20(18,19)8-10/h2,5-6,9-10H,3-4,7-8H2,1H3. The zero-order valence-corrected chi connectivity index (χ0v) is 12.7. The molecule has 108 valence electrons. The Bertz CT molecular complexity index is 739. The third-order valence-corrected chi connectivity index (χ3v) is 5.63. The van der Waals surface area contributed by atoms with E-state index in [-0.39, 0.29) is 22.9 Å². The van der Waals surface area contributed by atoms with Gasteiger partial charge in [-0.1, -0.05) is 0 Å². The number of rotatable bonds is 2. The van der Waals surface area contributed by atoms with Gasteiger partial charge in [0.05, 0.1) is 22.9 Å². The molecule has 2 aromatic heterocycles. The lowest BCUT2D eigenvalue weighted by Crippen LogP contribution is -2.28. The van der Waals surface area contributed by atoms with Crippen molar-refractivity contribution < 1.29 is 8.42 Å². The molecule has 1 aliphatic rings. The Labute approximate surface area is 122 Å². The highest BCUT2D eigenvalue weighted by Gasteiger charge is 2.30. The molecule has 2 atom stereocenters. The molecule has 0 radical (unpaired) electrons. The predicted octanol–water partition coefficient (Wildman–Crippen LogP) is 2.48. The minimum absolute atomic E-state index is 0.121. The molecule has 2 aromatic rings. The van der Waals surface area contributed by atoms with Gasteiger partial charge < -0.3 is 4.57 Å². The van der Waals surface area contributed by atoms with Gasteiger partial charge in [0.2, 0.25) is 0 Å². The molecule has 5 nitrogen and oxygen atoms in total. The minimum Gasteiger partial charge on any atom is -0.307 e. The molecule has 0 bridgehead atoms. The fraction of sp³-hybridized carbons (Fsp3) is 0.538. The van der Waals surface area contributed by atoms with E-state index in [2.05, 4.69) is 9.97 Å². The first-order chi connectivity index (χ1) is 9.48. The molecule has 1 saturated heterocycles. The van der Waals surface area contributed by atoms with Crippen molar-refractivity contribution in [3.8, 4) is 0 Å². The number of hydrogen-bond acceptors (Lipinski definition) is 4. The van der Waals surface area contributed by atoms with Crippen LogP contribution in [0, 0.1) is 0 Å². The quantitative estimate of drug-likeness (QED) is 0.799. The number of nitrogens with zero attached hydrogens (tertiary/aromatic N) is 3. The predicted molar refractivity (Wildman–Crippen MR) is 78.7 cm³/mol. The third kappa shape index (κ3) is 2.42. The summed E-state index contributed by atoms with van der Waals surface area (Å²) in [6.45, 7) is 1.84.